The van der Waals surface area contributed by atoms with Crippen molar-refractivity contribution in [3.63, 3.8) is 0 Å². The quantitative estimate of drug-likeness (QED) is 0.160. The molecule has 3 heterocycles. The largest absolute Gasteiger partial charge is 0.309 e. The standard InChI is InChI=1S/C54H32N2S/c1-2-17-34(18-3-1)55-45-29-11-8-22-39(45)42-28-15-27-36(52(42)55)33-16-14-19-35(32-33)56-46-30-12-9-25-43(46)50-48-40-23-6-4-20-37(40)38-21-5-7-24-41(38)49(48)51-44-26-10-13-31-47(44)57-54(51)53(50)56/h1-32H. The van der Waals surface area contributed by atoms with Crippen LogP contribution in [0.4, 0.5) is 0 Å². The number of nitrogens with zero attached hydrogens (tertiary/aromatic N) is 2. The zero-order valence-electron chi connectivity index (χ0n) is 30.8. The molecule has 0 fully saturated rings. The predicted octanol–water partition coefficient (Wildman–Crippen LogP) is 15.4. The first-order chi connectivity index (χ1) is 28.3. The molecule has 0 aliphatic carbocycles. The fourth-order valence-electron chi connectivity index (χ4n) is 10.0. The maximum atomic E-state index is 2.56. The molecule has 10 aromatic carbocycles. The van der Waals surface area contributed by atoms with Gasteiger partial charge in [-0.1, -0.05) is 152 Å². The highest BCUT2D eigenvalue weighted by atomic mass is 32.1. The summed E-state index contributed by atoms with van der Waals surface area (Å²) < 4.78 is 7.63. The SMILES string of the molecule is c1ccc(-n2c3ccccc3c3cccc(-c4cccc(-n5c6ccccc6c6c7c8ccccc8c8ccccc8c7c7c8ccccc8sc7c65)c4)c32)cc1. The predicted molar refractivity (Wildman–Crippen MR) is 246 cm³/mol. The lowest BCUT2D eigenvalue weighted by Gasteiger charge is -2.16. The van der Waals surface area contributed by atoms with Gasteiger partial charge in [0.2, 0.25) is 0 Å². The Bertz CT molecular complexity index is 3810. The summed E-state index contributed by atoms with van der Waals surface area (Å²) in [6.45, 7) is 0. The van der Waals surface area contributed by atoms with Gasteiger partial charge in [0.15, 0.2) is 0 Å². The molecule has 0 spiro atoms. The van der Waals surface area contributed by atoms with E-state index < -0.39 is 0 Å². The number of hydrogen-bond donors (Lipinski definition) is 0. The molecule has 3 heteroatoms. The van der Waals surface area contributed by atoms with Gasteiger partial charge < -0.3 is 9.13 Å². The van der Waals surface area contributed by atoms with Crippen molar-refractivity contribution >= 4 is 107 Å². The Balaban J connectivity index is 1.20. The average Bonchev–Trinajstić information content (AvgIpc) is 3.95. The molecule has 0 radical (unpaired) electrons. The van der Waals surface area contributed by atoms with Crippen molar-refractivity contribution in [1.29, 1.82) is 0 Å². The summed E-state index contributed by atoms with van der Waals surface area (Å²) in [5.74, 6) is 0. The van der Waals surface area contributed by atoms with Crippen LogP contribution in [0.15, 0.2) is 194 Å². The number of rotatable bonds is 3. The lowest BCUT2D eigenvalue weighted by Crippen LogP contribution is -1.97. The van der Waals surface area contributed by atoms with Crippen molar-refractivity contribution in [2.24, 2.45) is 0 Å². The van der Waals surface area contributed by atoms with Gasteiger partial charge in [-0.05, 0) is 69.6 Å². The van der Waals surface area contributed by atoms with Crippen LogP contribution in [0.25, 0.3) is 119 Å². The van der Waals surface area contributed by atoms with Crippen molar-refractivity contribution in [2.75, 3.05) is 0 Å². The second kappa shape index (κ2) is 11.7. The second-order valence-electron chi connectivity index (χ2n) is 15.2. The van der Waals surface area contributed by atoms with E-state index in [1.54, 1.807) is 0 Å². The van der Waals surface area contributed by atoms with E-state index >= 15 is 0 Å². The van der Waals surface area contributed by atoms with Crippen LogP contribution in [0, 0.1) is 0 Å². The van der Waals surface area contributed by atoms with Crippen molar-refractivity contribution in [2.45, 2.75) is 0 Å². The zero-order chi connectivity index (χ0) is 37.2. The van der Waals surface area contributed by atoms with E-state index in [1.807, 2.05) is 11.3 Å². The Hall–Kier alpha value is -7.20. The number of benzene rings is 10. The highest BCUT2D eigenvalue weighted by Gasteiger charge is 2.25. The van der Waals surface area contributed by atoms with Crippen LogP contribution in [-0.4, -0.2) is 9.13 Å². The number of aromatic nitrogens is 2. The second-order valence-corrected chi connectivity index (χ2v) is 16.2. The van der Waals surface area contributed by atoms with Crippen molar-refractivity contribution < 1.29 is 0 Å². The number of thiophene rings is 1. The number of hydrogen-bond acceptors (Lipinski definition) is 1. The van der Waals surface area contributed by atoms with E-state index in [1.165, 1.54) is 107 Å². The molecule has 3 aromatic heterocycles. The molecule has 0 unspecified atom stereocenters. The molecule has 57 heavy (non-hydrogen) atoms. The molecular weight excluding hydrogens is 709 g/mol. The summed E-state index contributed by atoms with van der Waals surface area (Å²) in [7, 11) is 0. The van der Waals surface area contributed by atoms with E-state index in [0.717, 1.165) is 11.4 Å². The maximum Gasteiger partial charge on any atom is 0.0726 e. The highest BCUT2D eigenvalue weighted by molar-refractivity contribution is 7.27. The van der Waals surface area contributed by atoms with Gasteiger partial charge in [0, 0.05) is 64.7 Å². The van der Waals surface area contributed by atoms with Crippen LogP contribution in [0.3, 0.4) is 0 Å². The normalized spacial score (nSPS) is 12.2. The van der Waals surface area contributed by atoms with Crippen LogP contribution in [0.5, 0.6) is 0 Å². The molecule has 2 nitrogen and oxygen atoms in total. The number of fused-ring (bicyclic) bond motifs is 18. The molecule has 264 valence electrons. The lowest BCUT2D eigenvalue weighted by atomic mass is 9.89. The molecule has 0 saturated carbocycles. The summed E-state index contributed by atoms with van der Waals surface area (Å²) in [6, 6.07) is 71.7. The maximum absolute atomic E-state index is 2.56. The first-order valence-corrected chi connectivity index (χ1v) is 20.4. The minimum absolute atomic E-state index is 1.15. The van der Waals surface area contributed by atoms with Crippen LogP contribution < -0.4 is 0 Å². The third-order valence-electron chi connectivity index (χ3n) is 12.2. The highest BCUT2D eigenvalue weighted by Crippen LogP contribution is 2.52. The van der Waals surface area contributed by atoms with Crippen LogP contribution in [0.1, 0.15) is 0 Å². The van der Waals surface area contributed by atoms with Crippen LogP contribution in [-0.2, 0) is 0 Å². The smallest absolute Gasteiger partial charge is 0.0726 e. The van der Waals surface area contributed by atoms with Crippen molar-refractivity contribution in [1.82, 2.24) is 9.13 Å². The molecule has 0 aliphatic heterocycles. The zero-order valence-corrected chi connectivity index (χ0v) is 31.6. The van der Waals surface area contributed by atoms with Crippen molar-refractivity contribution in [3.05, 3.63) is 194 Å². The van der Waals surface area contributed by atoms with E-state index in [-0.39, 0.29) is 0 Å². The fourth-order valence-corrected chi connectivity index (χ4v) is 11.3. The Morgan fingerprint density at radius 2 is 0.842 bits per heavy atom. The first-order valence-electron chi connectivity index (χ1n) is 19.6. The molecule has 0 saturated heterocycles. The third kappa shape index (κ3) is 4.19. The Morgan fingerprint density at radius 3 is 1.60 bits per heavy atom. The molecule has 0 N–H and O–H groups in total. The fraction of sp³-hybridized carbons (Fsp3) is 0. The van der Waals surface area contributed by atoms with E-state index in [4.69, 9.17) is 0 Å². The van der Waals surface area contributed by atoms with Gasteiger partial charge in [0.05, 0.1) is 26.8 Å². The first kappa shape index (κ1) is 31.1. The Morgan fingerprint density at radius 1 is 0.316 bits per heavy atom. The molecular formula is C54H32N2S. The summed E-state index contributed by atoms with van der Waals surface area (Å²) in [6.07, 6.45) is 0. The van der Waals surface area contributed by atoms with E-state index in [0.29, 0.717) is 0 Å². The summed E-state index contributed by atoms with van der Waals surface area (Å²) in [4.78, 5) is 0. The lowest BCUT2D eigenvalue weighted by molar-refractivity contribution is 1.18. The van der Waals surface area contributed by atoms with Gasteiger partial charge in [-0.25, -0.2) is 0 Å². The average molecular weight is 741 g/mol. The Labute approximate surface area is 331 Å². The molecule has 0 atom stereocenters. The van der Waals surface area contributed by atoms with Crippen LogP contribution in [0.2, 0.25) is 0 Å². The van der Waals surface area contributed by atoms with Gasteiger partial charge in [-0.15, -0.1) is 11.3 Å². The molecule has 0 bridgehead atoms. The minimum atomic E-state index is 1.15. The Kier molecular flexibility index (Phi) is 6.35. The molecule has 0 aliphatic rings. The van der Waals surface area contributed by atoms with Gasteiger partial charge in [-0.3, -0.25) is 0 Å². The monoisotopic (exact) mass is 740 g/mol. The minimum Gasteiger partial charge on any atom is -0.309 e. The number of para-hydroxylation sites is 4. The third-order valence-corrected chi connectivity index (χ3v) is 13.4. The topological polar surface area (TPSA) is 9.86 Å². The van der Waals surface area contributed by atoms with Crippen molar-refractivity contribution in [3.8, 4) is 22.5 Å². The molecule has 13 aromatic rings. The van der Waals surface area contributed by atoms with Crippen LogP contribution >= 0.6 is 11.3 Å². The van der Waals surface area contributed by atoms with E-state index in [9.17, 15) is 0 Å². The molecule has 13 rings (SSSR count). The molecule has 0 amide bonds. The van der Waals surface area contributed by atoms with E-state index in [2.05, 4.69) is 203 Å². The van der Waals surface area contributed by atoms with Gasteiger partial charge in [0.1, 0.15) is 0 Å². The van der Waals surface area contributed by atoms with Gasteiger partial charge in [-0.2, -0.15) is 0 Å². The summed E-state index contributed by atoms with van der Waals surface area (Å²) >= 11 is 1.92. The van der Waals surface area contributed by atoms with Gasteiger partial charge >= 0.3 is 0 Å². The summed E-state index contributed by atoms with van der Waals surface area (Å²) in [5.41, 5.74) is 9.64. The summed E-state index contributed by atoms with van der Waals surface area (Å²) in [5, 5.41) is 15.6. The van der Waals surface area contributed by atoms with Gasteiger partial charge in [0.25, 0.3) is 0 Å².